The molecule has 1 N–H and O–H groups in total. The quantitative estimate of drug-likeness (QED) is 0.554. The minimum Gasteiger partial charge on any atom is -0.381 e. The lowest BCUT2D eigenvalue weighted by molar-refractivity contribution is 0.0814. The average molecular weight is 231 g/mol. The number of nitrogens with one attached hydrogen (secondary N) is 1. The molecule has 0 heterocycles. The molecule has 1 unspecified atom stereocenters. The first kappa shape index (κ1) is 15.9. The molecule has 0 aliphatic carbocycles. The van der Waals surface area contributed by atoms with E-state index in [1.807, 2.05) is 7.05 Å². The molecule has 0 amide bonds. The summed E-state index contributed by atoms with van der Waals surface area (Å²) in [5.74, 6) is 0.730. The molecule has 3 nitrogen and oxygen atoms in total. The predicted molar refractivity (Wildman–Crippen MR) is 68.8 cm³/mol. The topological polar surface area (TPSA) is 30.5 Å². The molecule has 0 saturated heterocycles. The van der Waals surface area contributed by atoms with Gasteiger partial charge in [0.25, 0.3) is 0 Å². The van der Waals surface area contributed by atoms with Crippen molar-refractivity contribution in [2.45, 2.75) is 46.1 Å². The lowest BCUT2D eigenvalue weighted by atomic mass is 10.1. The van der Waals surface area contributed by atoms with Gasteiger partial charge in [0.15, 0.2) is 0 Å². The lowest BCUT2D eigenvalue weighted by Gasteiger charge is -2.16. The molecule has 0 aromatic rings. The van der Waals surface area contributed by atoms with Crippen LogP contribution in [0.2, 0.25) is 0 Å². The Morgan fingerprint density at radius 3 is 2.25 bits per heavy atom. The van der Waals surface area contributed by atoms with Gasteiger partial charge in [-0.2, -0.15) is 0 Å². The summed E-state index contributed by atoms with van der Waals surface area (Å²) < 4.78 is 11.1. The molecule has 3 heteroatoms. The zero-order valence-corrected chi connectivity index (χ0v) is 11.4. The van der Waals surface area contributed by atoms with Crippen LogP contribution in [-0.4, -0.2) is 39.5 Å². The number of hydrogen-bond donors (Lipinski definition) is 1. The number of ether oxygens (including phenoxy) is 2. The van der Waals surface area contributed by atoms with E-state index >= 15 is 0 Å². The molecule has 0 aliphatic rings. The number of hydrogen-bond acceptors (Lipinski definition) is 3. The van der Waals surface area contributed by atoms with Gasteiger partial charge in [-0.1, -0.05) is 20.8 Å². The highest BCUT2D eigenvalue weighted by Crippen LogP contribution is 2.00. The highest BCUT2D eigenvalue weighted by atomic mass is 16.5. The summed E-state index contributed by atoms with van der Waals surface area (Å²) in [7, 11) is 1.98. The molecule has 0 spiro atoms. The smallest absolute Gasteiger partial charge is 0.0620 e. The Hall–Kier alpha value is -0.120. The molecular weight excluding hydrogens is 202 g/mol. The van der Waals surface area contributed by atoms with E-state index in [4.69, 9.17) is 9.47 Å². The third-order valence-corrected chi connectivity index (χ3v) is 2.53. The van der Waals surface area contributed by atoms with Crippen LogP contribution in [0.5, 0.6) is 0 Å². The van der Waals surface area contributed by atoms with E-state index in [0.717, 1.165) is 51.6 Å². The number of likely N-dealkylation sites (N-methyl/N-ethyl adjacent to an activating group) is 1. The van der Waals surface area contributed by atoms with E-state index < -0.39 is 0 Å². The highest BCUT2D eigenvalue weighted by molar-refractivity contribution is 4.62. The molecule has 0 fully saturated rings. The molecular formula is C13H29NO2. The maximum Gasteiger partial charge on any atom is 0.0620 e. The first-order valence-corrected chi connectivity index (χ1v) is 6.53. The van der Waals surface area contributed by atoms with Gasteiger partial charge in [0.2, 0.25) is 0 Å². The largest absolute Gasteiger partial charge is 0.381 e. The van der Waals surface area contributed by atoms with Crippen molar-refractivity contribution >= 4 is 0 Å². The third-order valence-electron chi connectivity index (χ3n) is 2.53. The summed E-state index contributed by atoms with van der Waals surface area (Å²) in [4.78, 5) is 0. The van der Waals surface area contributed by atoms with Crippen molar-refractivity contribution in [2.75, 3.05) is 33.5 Å². The molecule has 0 radical (unpaired) electrons. The van der Waals surface area contributed by atoms with Gasteiger partial charge in [0.1, 0.15) is 0 Å². The van der Waals surface area contributed by atoms with Gasteiger partial charge in [-0.25, -0.2) is 0 Å². The third kappa shape index (κ3) is 10.4. The molecule has 98 valence electrons. The summed E-state index contributed by atoms with van der Waals surface area (Å²) in [5, 5.41) is 3.26. The molecule has 1 atom stereocenters. The van der Waals surface area contributed by atoms with E-state index in [1.54, 1.807) is 0 Å². The van der Waals surface area contributed by atoms with E-state index in [-0.39, 0.29) is 0 Å². The van der Waals surface area contributed by atoms with Gasteiger partial charge >= 0.3 is 0 Å². The van der Waals surface area contributed by atoms with Crippen LogP contribution in [0.15, 0.2) is 0 Å². The first-order valence-electron chi connectivity index (χ1n) is 6.53. The molecule has 0 rings (SSSR count). The maximum atomic E-state index is 5.59. The number of rotatable bonds is 11. The van der Waals surface area contributed by atoms with Crippen LogP contribution >= 0.6 is 0 Å². The fraction of sp³-hybridized carbons (Fsp3) is 1.00. The lowest BCUT2D eigenvalue weighted by Crippen LogP contribution is -2.31. The second-order valence-corrected chi connectivity index (χ2v) is 4.64. The summed E-state index contributed by atoms with van der Waals surface area (Å²) in [6.07, 6.45) is 3.26. The van der Waals surface area contributed by atoms with E-state index in [1.165, 1.54) is 0 Å². The van der Waals surface area contributed by atoms with Crippen LogP contribution in [0.25, 0.3) is 0 Å². The SMILES string of the molecule is CCCOCC(CCOCCC(C)C)NC. The molecule has 0 bridgehead atoms. The van der Waals surface area contributed by atoms with Crippen LogP contribution in [-0.2, 0) is 9.47 Å². The maximum absolute atomic E-state index is 5.59. The Balaban J connectivity index is 3.33. The van der Waals surface area contributed by atoms with Gasteiger partial charge in [0.05, 0.1) is 6.61 Å². The summed E-state index contributed by atoms with van der Waals surface area (Å²) in [5.41, 5.74) is 0. The van der Waals surface area contributed by atoms with Crippen molar-refractivity contribution in [1.29, 1.82) is 0 Å². The van der Waals surface area contributed by atoms with Gasteiger partial charge in [0, 0.05) is 25.9 Å². The normalized spacial score (nSPS) is 13.3. The summed E-state index contributed by atoms with van der Waals surface area (Å²) in [6.45, 7) is 9.92. The van der Waals surface area contributed by atoms with E-state index in [2.05, 4.69) is 26.1 Å². The molecule has 0 aliphatic heterocycles. The van der Waals surface area contributed by atoms with E-state index in [0.29, 0.717) is 6.04 Å². The zero-order chi connectivity index (χ0) is 12.2. The fourth-order valence-electron chi connectivity index (χ4n) is 1.33. The van der Waals surface area contributed by atoms with Crippen molar-refractivity contribution in [3.8, 4) is 0 Å². The molecule has 16 heavy (non-hydrogen) atoms. The fourth-order valence-corrected chi connectivity index (χ4v) is 1.33. The second-order valence-electron chi connectivity index (χ2n) is 4.64. The second kappa shape index (κ2) is 11.4. The van der Waals surface area contributed by atoms with Crippen LogP contribution in [0.1, 0.15) is 40.0 Å². The first-order chi connectivity index (χ1) is 7.70. The molecule has 0 aromatic carbocycles. The van der Waals surface area contributed by atoms with Crippen molar-refractivity contribution in [1.82, 2.24) is 5.32 Å². The Kier molecular flexibility index (Phi) is 11.3. The molecule has 0 saturated carbocycles. The van der Waals surface area contributed by atoms with Crippen molar-refractivity contribution < 1.29 is 9.47 Å². The minimum atomic E-state index is 0.422. The Morgan fingerprint density at radius 1 is 1.00 bits per heavy atom. The Bertz CT molecular complexity index is 140. The van der Waals surface area contributed by atoms with Gasteiger partial charge in [-0.3, -0.25) is 0 Å². The van der Waals surface area contributed by atoms with Crippen molar-refractivity contribution in [3.05, 3.63) is 0 Å². The van der Waals surface area contributed by atoms with Crippen LogP contribution < -0.4 is 5.32 Å². The predicted octanol–water partition coefficient (Wildman–Crippen LogP) is 2.45. The highest BCUT2D eigenvalue weighted by Gasteiger charge is 2.05. The summed E-state index contributed by atoms with van der Waals surface area (Å²) in [6, 6.07) is 0.422. The van der Waals surface area contributed by atoms with Gasteiger partial charge in [-0.15, -0.1) is 0 Å². The Morgan fingerprint density at radius 2 is 1.69 bits per heavy atom. The van der Waals surface area contributed by atoms with Gasteiger partial charge < -0.3 is 14.8 Å². The molecule has 0 aromatic heterocycles. The zero-order valence-electron chi connectivity index (χ0n) is 11.4. The average Bonchev–Trinajstić information content (AvgIpc) is 2.26. The minimum absolute atomic E-state index is 0.422. The van der Waals surface area contributed by atoms with Crippen molar-refractivity contribution in [3.63, 3.8) is 0 Å². The van der Waals surface area contributed by atoms with Crippen LogP contribution in [0.4, 0.5) is 0 Å². The van der Waals surface area contributed by atoms with Crippen LogP contribution in [0, 0.1) is 5.92 Å². The monoisotopic (exact) mass is 231 g/mol. The van der Waals surface area contributed by atoms with Crippen molar-refractivity contribution in [2.24, 2.45) is 5.92 Å². The summed E-state index contributed by atoms with van der Waals surface area (Å²) >= 11 is 0. The standard InChI is InChI=1S/C13H29NO2/c1-5-8-16-11-13(14-4)7-10-15-9-6-12(2)3/h12-14H,5-11H2,1-4H3. The van der Waals surface area contributed by atoms with E-state index in [9.17, 15) is 0 Å². The Labute approximate surface area is 101 Å². The van der Waals surface area contributed by atoms with Gasteiger partial charge in [-0.05, 0) is 32.2 Å². The van der Waals surface area contributed by atoms with Crippen LogP contribution in [0.3, 0.4) is 0 Å².